The molecule has 110 valence electrons. The lowest BCUT2D eigenvalue weighted by Gasteiger charge is -2.44. The van der Waals surface area contributed by atoms with Gasteiger partial charge in [0.2, 0.25) is 6.23 Å². The molecule has 0 saturated carbocycles. The van der Waals surface area contributed by atoms with Gasteiger partial charge in [0.15, 0.2) is 6.04 Å². The minimum Gasteiger partial charge on any atom is -0.465 e. The van der Waals surface area contributed by atoms with Crippen LogP contribution in [0.5, 0.6) is 0 Å². The molecular formula is C14H26NO4+. The van der Waals surface area contributed by atoms with E-state index in [1.54, 1.807) is 20.8 Å². The van der Waals surface area contributed by atoms with E-state index < -0.39 is 18.2 Å². The van der Waals surface area contributed by atoms with Crippen molar-refractivity contribution < 1.29 is 23.5 Å². The van der Waals surface area contributed by atoms with Crippen molar-refractivity contribution in [1.29, 1.82) is 0 Å². The number of hydrogen-bond donors (Lipinski definition) is 0. The fourth-order valence-corrected chi connectivity index (χ4v) is 2.34. The number of hydrogen-bond acceptors (Lipinski definition) is 4. The molecule has 0 bridgehead atoms. The molecule has 0 aliphatic rings. The van der Waals surface area contributed by atoms with E-state index in [9.17, 15) is 9.59 Å². The number of methoxy groups -OCH3 is 1. The van der Waals surface area contributed by atoms with Crippen molar-refractivity contribution in [3.63, 3.8) is 0 Å². The van der Waals surface area contributed by atoms with E-state index in [4.69, 9.17) is 9.47 Å². The fourth-order valence-electron chi connectivity index (χ4n) is 2.34. The van der Waals surface area contributed by atoms with Gasteiger partial charge in [0.25, 0.3) is 0 Å². The molecule has 0 aliphatic carbocycles. The third kappa shape index (κ3) is 3.80. The predicted octanol–water partition coefficient (Wildman–Crippen LogP) is 1.87. The molecule has 0 aromatic carbocycles. The Hall–Kier alpha value is -1.36. The van der Waals surface area contributed by atoms with Crippen molar-refractivity contribution in [2.45, 2.75) is 46.9 Å². The second kappa shape index (κ2) is 7.28. The highest BCUT2D eigenvalue weighted by Gasteiger charge is 2.43. The summed E-state index contributed by atoms with van der Waals surface area (Å²) in [5.74, 6) is -0.740. The molecule has 0 aliphatic heterocycles. The van der Waals surface area contributed by atoms with Crippen LogP contribution in [-0.2, 0) is 19.1 Å². The average molecular weight is 272 g/mol. The molecule has 0 N–H and O–H groups in total. The van der Waals surface area contributed by atoms with Crippen LogP contribution in [0, 0.1) is 0 Å². The highest BCUT2D eigenvalue weighted by Crippen LogP contribution is 2.22. The molecule has 0 spiro atoms. The molecule has 5 nitrogen and oxygen atoms in total. The molecule has 0 aromatic heterocycles. The third-order valence-corrected chi connectivity index (χ3v) is 3.84. The van der Waals surface area contributed by atoms with Crippen LogP contribution in [0.1, 0.15) is 34.6 Å². The summed E-state index contributed by atoms with van der Waals surface area (Å²) in [6, 6.07) is -0.395. The number of ether oxygens (including phenoxy) is 2. The maximum Gasteiger partial charge on any atom is 0.364 e. The predicted molar refractivity (Wildman–Crippen MR) is 73.2 cm³/mol. The zero-order valence-corrected chi connectivity index (χ0v) is 12.9. The molecule has 0 rings (SSSR count). The van der Waals surface area contributed by atoms with Gasteiger partial charge in [-0.1, -0.05) is 6.58 Å². The lowest BCUT2D eigenvalue weighted by Crippen LogP contribution is -2.63. The van der Waals surface area contributed by atoms with Gasteiger partial charge in [-0.3, -0.25) is 4.48 Å². The molecule has 2 atom stereocenters. The minimum atomic E-state index is -0.437. The second-order valence-electron chi connectivity index (χ2n) is 4.72. The molecular weight excluding hydrogens is 246 g/mol. The molecule has 2 unspecified atom stereocenters. The lowest BCUT2D eigenvalue weighted by atomic mass is 10.2. The third-order valence-electron chi connectivity index (χ3n) is 3.84. The number of quaternary nitrogens is 1. The van der Waals surface area contributed by atoms with Crippen molar-refractivity contribution >= 4 is 11.9 Å². The van der Waals surface area contributed by atoms with E-state index in [-0.39, 0.29) is 5.97 Å². The van der Waals surface area contributed by atoms with Gasteiger partial charge in [0, 0.05) is 12.5 Å². The molecule has 5 heteroatoms. The van der Waals surface area contributed by atoms with Crippen molar-refractivity contribution in [3.05, 3.63) is 12.2 Å². The quantitative estimate of drug-likeness (QED) is 0.307. The SMILES string of the molecule is C=C(C)C(=O)OC(C)[N+](CC)(CC)C(C)C(=O)OC. The molecule has 0 saturated heterocycles. The molecule has 0 radical (unpaired) electrons. The highest BCUT2D eigenvalue weighted by molar-refractivity contribution is 5.87. The highest BCUT2D eigenvalue weighted by atomic mass is 16.6. The van der Waals surface area contributed by atoms with Gasteiger partial charge < -0.3 is 9.47 Å². The number of rotatable bonds is 7. The smallest absolute Gasteiger partial charge is 0.364 e. The summed E-state index contributed by atoms with van der Waals surface area (Å²) >= 11 is 0. The summed E-state index contributed by atoms with van der Waals surface area (Å²) in [6.07, 6.45) is -0.437. The van der Waals surface area contributed by atoms with E-state index in [2.05, 4.69) is 6.58 Å². The first-order chi connectivity index (χ1) is 8.76. The zero-order valence-electron chi connectivity index (χ0n) is 12.9. The van der Waals surface area contributed by atoms with Crippen LogP contribution < -0.4 is 0 Å². The van der Waals surface area contributed by atoms with Crippen LogP contribution in [0.3, 0.4) is 0 Å². The number of carbonyl (C=O) groups excluding carboxylic acids is 2. The Morgan fingerprint density at radius 2 is 1.68 bits per heavy atom. The molecule has 0 amide bonds. The van der Waals surface area contributed by atoms with Gasteiger partial charge >= 0.3 is 11.9 Å². The summed E-state index contributed by atoms with van der Waals surface area (Å²) in [4.78, 5) is 23.5. The minimum absolute atomic E-state index is 0.304. The van der Waals surface area contributed by atoms with Gasteiger partial charge in [-0.05, 0) is 27.7 Å². The summed E-state index contributed by atoms with van der Waals surface area (Å²) < 4.78 is 10.6. The van der Waals surface area contributed by atoms with Crippen LogP contribution in [0.15, 0.2) is 12.2 Å². The number of nitrogens with zero attached hydrogens (tertiary/aromatic N) is 1. The Morgan fingerprint density at radius 1 is 1.21 bits per heavy atom. The molecule has 0 heterocycles. The van der Waals surface area contributed by atoms with E-state index in [0.717, 1.165) is 0 Å². The fraction of sp³-hybridized carbons (Fsp3) is 0.714. The van der Waals surface area contributed by atoms with Crippen molar-refractivity contribution in [2.75, 3.05) is 20.2 Å². The normalized spacial score (nSPS) is 14.4. The Balaban J connectivity index is 5.22. The van der Waals surface area contributed by atoms with E-state index in [1.807, 2.05) is 13.8 Å². The van der Waals surface area contributed by atoms with E-state index >= 15 is 0 Å². The standard InChI is InChI=1S/C14H26NO4/c1-8-15(9-2,11(5)14(17)18-7)12(6)19-13(16)10(3)4/h11-12H,3,8-9H2,1-2,4-7H3/q+1. The number of carbonyl (C=O) groups is 2. The molecule has 19 heavy (non-hydrogen) atoms. The Kier molecular flexibility index (Phi) is 6.76. The topological polar surface area (TPSA) is 52.6 Å². The maximum absolute atomic E-state index is 11.8. The number of esters is 2. The zero-order chi connectivity index (χ0) is 15.2. The van der Waals surface area contributed by atoms with Gasteiger partial charge in [-0.2, -0.15) is 0 Å². The van der Waals surface area contributed by atoms with E-state index in [0.29, 0.717) is 23.1 Å². The Bertz CT molecular complexity index is 347. The Labute approximate surface area is 115 Å². The van der Waals surface area contributed by atoms with Crippen LogP contribution in [0.4, 0.5) is 0 Å². The van der Waals surface area contributed by atoms with Crippen LogP contribution in [-0.4, -0.2) is 48.9 Å². The Morgan fingerprint density at radius 3 is 2.00 bits per heavy atom. The van der Waals surface area contributed by atoms with Crippen molar-refractivity contribution in [2.24, 2.45) is 0 Å². The number of likely N-dealkylation sites (N-methyl/N-ethyl adjacent to an activating group) is 1. The first-order valence-electron chi connectivity index (χ1n) is 6.57. The summed E-state index contributed by atoms with van der Waals surface area (Å²) in [7, 11) is 1.36. The van der Waals surface area contributed by atoms with Crippen molar-refractivity contribution in [3.8, 4) is 0 Å². The summed E-state index contributed by atoms with van der Waals surface area (Å²) in [5, 5.41) is 0. The average Bonchev–Trinajstić information content (AvgIpc) is 2.39. The first-order valence-corrected chi connectivity index (χ1v) is 6.57. The lowest BCUT2D eigenvalue weighted by molar-refractivity contribution is -0.977. The van der Waals surface area contributed by atoms with Crippen molar-refractivity contribution in [1.82, 2.24) is 0 Å². The molecule has 0 fully saturated rings. The van der Waals surface area contributed by atoms with Crippen LogP contribution in [0.2, 0.25) is 0 Å². The van der Waals surface area contributed by atoms with Crippen LogP contribution >= 0.6 is 0 Å². The van der Waals surface area contributed by atoms with Gasteiger partial charge in [0.1, 0.15) is 0 Å². The summed E-state index contributed by atoms with van der Waals surface area (Å²) in [5.41, 5.74) is 0.350. The first kappa shape index (κ1) is 17.6. The van der Waals surface area contributed by atoms with Gasteiger partial charge in [0.05, 0.1) is 20.2 Å². The summed E-state index contributed by atoms with van der Waals surface area (Å²) in [6.45, 7) is 14.0. The maximum atomic E-state index is 11.8. The molecule has 0 aromatic rings. The largest absolute Gasteiger partial charge is 0.465 e. The van der Waals surface area contributed by atoms with Gasteiger partial charge in [-0.25, -0.2) is 9.59 Å². The monoisotopic (exact) mass is 272 g/mol. The van der Waals surface area contributed by atoms with E-state index in [1.165, 1.54) is 7.11 Å². The van der Waals surface area contributed by atoms with Crippen LogP contribution in [0.25, 0.3) is 0 Å². The van der Waals surface area contributed by atoms with Gasteiger partial charge in [-0.15, -0.1) is 0 Å². The second-order valence-corrected chi connectivity index (χ2v) is 4.72.